The van der Waals surface area contributed by atoms with Gasteiger partial charge in [0.25, 0.3) is 0 Å². The van der Waals surface area contributed by atoms with E-state index in [4.69, 9.17) is 21.1 Å². The van der Waals surface area contributed by atoms with E-state index >= 15 is 0 Å². The number of thiazole rings is 1. The maximum atomic E-state index is 11.9. The SMILES string of the molecule is CC(C)(C)OC(=O)NCCCOC(=O)Cc1csc(-c2ccccc2Cl)n1. The first-order valence-electron chi connectivity index (χ1n) is 8.56. The summed E-state index contributed by atoms with van der Waals surface area (Å²) in [4.78, 5) is 27.8. The van der Waals surface area contributed by atoms with E-state index in [-0.39, 0.29) is 19.0 Å². The monoisotopic (exact) mass is 410 g/mol. The zero-order valence-electron chi connectivity index (χ0n) is 15.6. The molecule has 0 aliphatic rings. The van der Waals surface area contributed by atoms with Crippen molar-refractivity contribution in [2.75, 3.05) is 13.2 Å². The minimum Gasteiger partial charge on any atom is -0.465 e. The predicted octanol–water partition coefficient (Wildman–Crippen LogP) is 4.46. The molecule has 6 nitrogen and oxygen atoms in total. The molecule has 0 fully saturated rings. The molecule has 2 aromatic rings. The first-order chi connectivity index (χ1) is 12.7. The summed E-state index contributed by atoms with van der Waals surface area (Å²) in [5.41, 5.74) is 0.955. The molecule has 1 amide bonds. The number of alkyl carbamates (subject to hydrolysis) is 1. The summed E-state index contributed by atoms with van der Waals surface area (Å²) in [6, 6.07) is 7.44. The number of carbonyl (C=O) groups excluding carboxylic acids is 2. The van der Waals surface area contributed by atoms with Crippen LogP contribution in [0, 0.1) is 0 Å². The fourth-order valence-corrected chi connectivity index (χ4v) is 3.25. The van der Waals surface area contributed by atoms with Gasteiger partial charge >= 0.3 is 12.1 Å². The Balaban J connectivity index is 1.70. The van der Waals surface area contributed by atoms with Gasteiger partial charge in [-0.15, -0.1) is 11.3 Å². The van der Waals surface area contributed by atoms with Gasteiger partial charge in [-0.25, -0.2) is 9.78 Å². The smallest absolute Gasteiger partial charge is 0.407 e. The first kappa shape index (κ1) is 21.2. The molecule has 8 heteroatoms. The average molecular weight is 411 g/mol. The minimum absolute atomic E-state index is 0.0977. The second-order valence-electron chi connectivity index (χ2n) is 6.80. The Hall–Kier alpha value is -2.12. The lowest BCUT2D eigenvalue weighted by molar-refractivity contribution is -0.142. The zero-order valence-corrected chi connectivity index (χ0v) is 17.2. The molecule has 0 atom stereocenters. The molecule has 0 aliphatic heterocycles. The van der Waals surface area contributed by atoms with Crippen LogP contribution in [-0.4, -0.2) is 35.8 Å². The number of rotatable bonds is 7. The summed E-state index contributed by atoms with van der Waals surface area (Å²) in [7, 11) is 0. The number of halogens is 1. The molecule has 27 heavy (non-hydrogen) atoms. The number of nitrogens with zero attached hydrogens (tertiary/aromatic N) is 1. The molecule has 2 rings (SSSR count). The van der Waals surface area contributed by atoms with Crippen LogP contribution >= 0.6 is 22.9 Å². The molecule has 0 spiro atoms. The molecule has 0 unspecified atom stereocenters. The van der Waals surface area contributed by atoms with Gasteiger partial charge in [0, 0.05) is 17.5 Å². The summed E-state index contributed by atoms with van der Waals surface area (Å²) in [5, 5.41) is 5.83. The highest BCUT2D eigenvalue weighted by Crippen LogP contribution is 2.30. The number of aromatic nitrogens is 1. The van der Waals surface area contributed by atoms with Crippen LogP contribution in [0.2, 0.25) is 5.02 Å². The lowest BCUT2D eigenvalue weighted by atomic mass is 10.2. The zero-order chi connectivity index (χ0) is 19.9. The summed E-state index contributed by atoms with van der Waals surface area (Å²) in [6.45, 7) is 5.98. The lowest BCUT2D eigenvalue weighted by Gasteiger charge is -2.19. The van der Waals surface area contributed by atoms with Crippen molar-refractivity contribution >= 4 is 35.0 Å². The third-order valence-electron chi connectivity index (χ3n) is 3.23. The van der Waals surface area contributed by atoms with Crippen molar-refractivity contribution in [1.29, 1.82) is 0 Å². The Morgan fingerprint density at radius 3 is 2.70 bits per heavy atom. The largest absolute Gasteiger partial charge is 0.465 e. The van der Waals surface area contributed by atoms with Crippen LogP contribution in [0.25, 0.3) is 10.6 Å². The fourth-order valence-electron chi connectivity index (χ4n) is 2.11. The van der Waals surface area contributed by atoms with Crippen molar-refractivity contribution in [3.05, 3.63) is 40.4 Å². The van der Waals surface area contributed by atoms with Gasteiger partial charge in [-0.05, 0) is 33.3 Å². The number of ether oxygens (including phenoxy) is 2. The normalized spacial score (nSPS) is 11.1. The van der Waals surface area contributed by atoms with Crippen LogP contribution in [0.5, 0.6) is 0 Å². The molecular formula is C19H23ClN2O4S. The highest BCUT2D eigenvalue weighted by Gasteiger charge is 2.15. The molecule has 0 aliphatic carbocycles. The number of esters is 1. The molecule has 1 aromatic heterocycles. The molecule has 0 saturated carbocycles. The van der Waals surface area contributed by atoms with Gasteiger partial charge in [0.05, 0.1) is 23.7 Å². The van der Waals surface area contributed by atoms with Gasteiger partial charge in [0.1, 0.15) is 10.6 Å². The fraction of sp³-hybridized carbons (Fsp3) is 0.421. The molecule has 0 bridgehead atoms. The molecule has 1 N–H and O–H groups in total. The van der Waals surface area contributed by atoms with Gasteiger partial charge in [-0.1, -0.05) is 29.8 Å². The Bertz CT molecular complexity index is 786. The second-order valence-corrected chi connectivity index (χ2v) is 8.07. The second kappa shape index (κ2) is 9.71. The maximum Gasteiger partial charge on any atom is 0.407 e. The third kappa shape index (κ3) is 7.56. The summed E-state index contributed by atoms with van der Waals surface area (Å²) in [5.74, 6) is -0.358. The third-order valence-corrected chi connectivity index (χ3v) is 4.49. The van der Waals surface area contributed by atoms with Gasteiger partial charge in [0.2, 0.25) is 0 Å². The Morgan fingerprint density at radius 2 is 2.00 bits per heavy atom. The topological polar surface area (TPSA) is 77.5 Å². The molecule has 1 aromatic carbocycles. The van der Waals surface area contributed by atoms with Crippen molar-refractivity contribution in [3.8, 4) is 10.6 Å². The number of hydrogen-bond donors (Lipinski definition) is 1. The number of hydrogen-bond acceptors (Lipinski definition) is 6. The molecule has 0 saturated heterocycles. The van der Waals surface area contributed by atoms with Crippen LogP contribution in [0.1, 0.15) is 32.9 Å². The Labute approximate surface area is 167 Å². The van der Waals surface area contributed by atoms with Crippen molar-refractivity contribution in [3.63, 3.8) is 0 Å². The van der Waals surface area contributed by atoms with E-state index in [9.17, 15) is 9.59 Å². The predicted molar refractivity (Wildman–Crippen MR) is 106 cm³/mol. The van der Waals surface area contributed by atoms with Gasteiger partial charge < -0.3 is 14.8 Å². The standard InChI is InChI=1S/C19H23ClN2O4S/c1-19(2,3)26-18(24)21-9-6-10-25-16(23)11-13-12-27-17(22-13)14-7-4-5-8-15(14)20/h4-5,7-8,12H,6,9-11H2,1-3H3,(H,21,24). The first-order valence-corrected chi connectivity index (χ1v) is 9.82. The van der Waals surface area contributed by atoms with Crippen molar-refractivity contribution in [2.24, 2.45) is 0 Å². The highest BCUT2D eigenvalue weighted by atomic mass is 35.5. The molecule has 1 heterocycles. The quantitative estimate of drug-likeness (QED) is 0.538. The Morgan fingerprint density at radius 1 is 1.26 bits per heavy atom. The summed E-state index contributed by atoms with van der Waals surface area (Å²) < 4.78 is 10.3. The Kier molecular flexibility index (Phi) is 7.62. The van der Waals surface area contributed by atoms with E-state index in [0.29, 0.717) is 23.7 Å². The van der Waals surface area contributed by atoms with E-state index in [1.54, 1.807) is 26.8 Å². The average Bonchev–Trinajstić information content (AvgIpc) is 3.01. The maximum absolute atomic E-state index is 11.9. The number of carbonyl (C=O) groups is 2. The minimum atomic E-state index is -0.535. The summed E-state index contributed by atoms with van der Waals surface area (Å²) >= 11 is 7.60. The molecule has 0 radical (unpaired) electrons. The van der Waals surface area contributed by atoms with Crippen molar-refractivity contribution < 1.29 is 19.1 Å². The van der Waals surface area contributed by atoms with Crippen molar-refractivity contribution in [2.45, 2.75) is 39.2 Å². The van der Waals surface area contributed by atoms with Gasteiger partial charge in [-0.2, -0.15) is 0 Å². The molecule has 146 valence electrons. The van der Waals surface area contributed by atoms with E-state index < -0.39 is 11.7 Å². The van der Waals surface area contributed by atoms with Gasteiger partial charge in [0.15, 0.2) is 0 Å². The van der Waals surface area contributed by atoms with Crippen LogP contribution in [-0.2, 0) is 20.7 Å². The van der Waals surface area contributed by atoms with Crippen LogP contribution in [0.15, 0.2) is 29.6 Å². The van der Waals surface area contributed by atoms with Crippen LogP contribution in [0.3, 0.4) is 0 Å². The lowest BCUT2D eigenvalue weighted by Crippen LogP contribution is -2.33. The number of benzene rings is 1. The van der Waals surface area contributed by atoms with E-state index in [1.807, 2.05) is 23.6 Å². The number of nitrogens with one attached hydrogen (secondary N) is 1. The van der Waals surface area contributed by atoms with Crippen molar-refractivity contribution in [1.82, 2.24) is 10.3 Å². The van der Waals surface area contributed by atoms with Crippen LogP contribution < -0.4 is 5.32 Å². The van der Waals surface area contributed by atoms with E-state index in [2.05, 4.69) is 10.3 Å². The summed E-state index contributed by atoms with van der Waals surface area (Å²) in [6.07, 6.45) is 0.122. The van der Waals surface area contributed by atoms with E-state index in [1.165, 1.54) is 11.3 Å². The number of amides is 1. The molecular weight excluding hydrogens is 388 g/mol. The highest BCUT2D eigenvalue weighted by molar-refractivity contribution is 7.13. The van der Waals surface area contributed by atoms with E-state index in [0.717, 1.165) is 10.6 Å². The van der Waals surface area contributed by atoms with Gasteiger partial charge in [-0.3, -0.25) is 4.79 Å². The van der Waals surface area contributed by atoms with Crippen LogP contribution in [0.4, 0.5) is 4.79 Å².